The third-order valence-electron chi connectivity index (χ3n) is 4.23. The highest BCUT2D eigenvalue weighted by atomic mass is 35.5. The standard InChI is InChI=1S/C21H19ClFN3O3/c1-3-18(21(28)24-17-12-14(22)5-4-13(17)2)29-19-10-11-20(27)26(25-19)16-8-6-15(23)7-9-16/h4-12,18H,3H2,1-2H3,(H,24,28)/t18-/m0/s1. The third kappa shape index (κ3) is 5.00. The molecule has 1 aromatic heterocycles. The van der Waals surface area contributed by atoms with Gasteiger partial charge in [0.1, 0.15) is 5.82 Å². The zero-order chi connectivity index (χ0) is 21.0. The Morgan fingerprint density at radius 2 is 1.93 bits per heavy atom. The molecule has 3 rings (SSSR count). The molecule has 6 nitrogen and oxygen atoms in total. The second-order valence-corrected chi connectivity index (χ2v) is 6.80. The highest BCUT2D eigenvalue weighted by Gasteiger charge is 2.20. The number of halogens is 2. The number of amides is 1. The van der Waals surface area contributed by atoms with Gasteiger partial charge in [-0.3, -0.25) is 9.59 Å². The lowest BCUT2D eigenvalue weighted by atomic mass is 10.2. The van der Waals surface area contributed by atoms with Crippen LogP contribution in [-0.2, 0) is 4.79 Å². The predicted molar refractivity (Wildman–Crippen MR) is 109 cm³/mol. The summed E-state index contributed by atoms with van der Waals surface area (Å²) < 4.78 is 19.9. The Bertz CT molecular complexity index is 1080. The lowest BCUT2D eigenvalue weighted by Crippen LogP contribution is -2.33. The Morgan fingerprint density at radius 3 is 2.62 bits per heavy atom. The second-order valence-electron chi connectivity index (χ2n) is 6.36. The number of hydrogen-bond donors (Lipinski definition) is 1. The van der Waals surface area contributed by atoms with E-state index in [1.54, 1.807) is 25.1 Å². The molecular weight excluding hydrogens is 397 g/mol. The summed E-state index contributed by atoms with van der Waals surface area (Å²) in [5.41, 5.74) is 1.43. The molecule has 150 valence electrons. The summed E-state index contributed by atoms with van der Waals surface area (Å²) >= 11 is 6.00. The van der Waals surface area contributed by atoms with Gasteiger partial charge in [-0.05, 0) is 55.3 Å². The van der Waals surface area contributed by atoms with Gasteiger partial charge >= 0.3 is 0 Å². The topological polar surface area (TPSA) is 73.2 Å². The number of benzene rings is 2. The summed E-state index contributed by atoms with van der Waals surface area (Å²) in [5.74, 6) is -0.689. The monoisotopic (exact) mass is 415 g/mol. The fourth-order valence-corrected chi connectivity index (χ4v) is 2.81. The molecule has 0 saturated heterocycles. The highest BCUT2D eigenvalue weighted by Crippen LogP contribution is 2.21. The number of aromatic nitrogens is 2. The Morgan fingerprint density at radius 1 is 1.21 bits per heavy atom. The van der Waals surface area contributed by atoms with E-state index in [-0.39, 0.29) is 11.8 Å². The predicted octanol–water partition coefficient (Wildman–Crippen LogP) is 4.13. The molecule has 1 N–H and O–H groups in total. The molecule has 0 aliphatic carbocycles. The fraction of sp³-hybridized carbons (Fsp3) is 0.190. The number of ether oxygens (including phenoxy) is 1. The first-order valence-corrected chi connectivity index (χ1v) is 9.35. The van der Waals surface area contributed by atoms with Crippen LogP contribution in [0.4, 0.5) is 10.1 Å². The van der Waals surface area contributed by atoms with Crippen LogP contribution in [0.3, 0.4) is 0 Å². The number of anilines is 1. The molecule has 0 radical (unpaired) electrons. The van der Waals surface area contributed by atoms with Gasteiger partial charge in [0, 0.05) is 22.8 Å². The maximum atomic E-state index is 13.1. The number of hydrogen-bond acceptors (Lipinski definition) is 4. The first-order chi connectivity index (χ1) is 13.9. The SMILES string of the molecule is CC[C@H](Oc1ccc(=O)n(-c2ccc(F)cc2)n1)C(=O)Nc1cc(Cl)ccc1C. The van der Waals surface area contributed by atoms with E-state index < -0.39 is 17.5 Å². The summed E-state index contributed by atoms with van der Waals surface area (Å²) in [6, 6.07) is 13.2. The number of carbonyl (C=O) groups excluding carboxylic acids is 1. The van der Waals surface area contributed by atoms with Gasteiger partial charge in [0.25, 0.3) is 11.5 Å². The van der Waals surface area contributed by atoms with E-state index in [2.05, 4.69) is 10.4 Å². The van der Waals surface area contributed by atoms with Crippen LogP contribution in [0.25, 0.3) is 5.69 Å². The van der Waals surface area contributed by atoms with E-state index >= 15 is 0 Å². The fourth-order valence-electron chi connectivity index (χ4n) is 2.63. The Kier molecular flexibility index (Phi) is 6.29. The Hall–Kier alpha value is -3.19. The van der Waals surface area contributed by atoms with Gasteiger partial charge in [0.15, 0.2) is 6.10 Å². The lowest BCUT2D eigenvalue weighted by Gasteiger charge is -2.18. The quantitative estimate of drug-likeness (QED) is 0.657. The maximum absolute atomic E-state index is 13.1. The van der Waals surface area contributed by atoms with Gasteiger partial charge in [-0.25, -0.2) is 4.39 Å². The van der Waals surface area contributed by atoms with Crippen LogP contribution in [0.1, 0.15) is 18.9 Å². The first-order valence-electron chi connectivity index (χ1n) is 8.97. The first kappa shape index (κ1) is 20.5. The van der Waals surface area contributed by atoms with Gasteiger partial charge in [0.05, 0.1) is 5.69 Å². The molecule has 0 spiro atoms. The van der Waals surface area contributed by atoms with Crippen molar-refractivity contribution in [2.75, 3.05) is 5.32 Å². The van der Waals surface area contributed by atoms with Crippen molar-refractivity contribution in [1.29, 1.82) is 0 Å². The summed E-state index contributed by atoms with van der Waals surface area (Å²) in [4.78, 5) is 24.8. The van der Waals surface area contributed by atoms with Crippen molar-refractivity contribution in [3.05, 3.63) is 81.4 Å². The van der Waals surface area contributed by atoms with Gasteiger partial charge < -0.3 is 10.1 Å². The van der Waals surface area contributed by atoms with Crippen molar-refractivity contribution in [2.45, 2.75) is 26.4 Å². The average Bonchev–Trinajstić information content (AvgIpc) is 2.70. The van der Waals surface area contributed by atoms with E-state index in [1.807, 2.05) is 6.92 Å². The Balaban J connectivity index is 1.81. The largest absolute Gasteiger partial charge is 0.463 e. The summed E-state index contributed by atoms with van der Waals surface area (Å²) in [5, 5.41) is 7.45. The minimum Gasteiger partial charge on any atom is -0.463 e. The third-order valence-corrected chi connectivity index (χ3v) is 4.47. The number of rotatable bonds is 6. The van der Waals surface area contributed by atoms with Crippen LogP contribution >= 0.6 is 11.6 Å². The molecular formula is C21H19ClFN3O3. The number of nitrogens with zero attached hydrogens (tertiary/aromatic N) is 2. The van der Waals surface area contributed by atoms with Crippen molar-refractivity contribution in [3.63, 3.8) is 0 Å². The van der Waals surface area contributed by atoms with E-state index in [4.69, 9.17) is 16.3 Å². The Labute approximate surface area is 171 Å². The van der Waals surface area contributed by atoms with Crippen LogP contribution in [0.5, 0.6) is 5.88 Å². The maximum Gasteiger partial charge on any atom is 0.271 e. The summed E-state index contributed by atoms with van der Waals surface area (Å²) in [7, 11) is 0. The summed E-state index contributed by atoms with van der Waals surface area (Å²) in [6.45, 7) is 3.65. The van der Waals surface area contributed by atoms with E-state index in [0.29, 0.717) is 22.8 Å². The molecule has 29 heavy (non-hydrogen) atoms. The van der Waals surface area contributed by atoms with Gasteiger partial charge in [-0.1, -0.05) is 24.6 Å². The molecule has 1 amide bonds. The minimum absolute atomic E-state index is 0.0961. The van der Waals surface area contributed by atoms with Crippen LogP contribution in [0.2, 0.25) is 5.02 Å². The molecule has 0 bridgehead atoms. The molecule has 8 heteroatoms. The van der Waals surface area contributed by atoms with E-state index in [1.165, 1.54) is 36.4 Å². The van der Waals surface area contributed by atoms with Crippen molar-refractivity contribution < 1.29 is 13.9 Å². The van der Waals surface area contributed by atoms with Crippen LogP contribution in [-0.4, -0.2) is 21.8 Å². The van der Waals surface area contributed by atoms with Crippen LogP contribution < -0.4 is 15.6 Å². The number of carbonyl (C=O) groups is 1. The normalized spacial score (nSPS) is 11.7. The van der Waals surface area contributed by atoms with E-state index in [9.17, 15) is 14.0 Å². The second kappa shape index (κ2) is 8.87. The van der Waals surface area contributed by atoms with Gasteiger partial charge in [0.2, 0.25) is 5.88 Å². The van der Waals surface area contributed by atoms with Gasteiger partial charge in [-0.15, -0.1) is 5.10 Å². The van der Waals surface area contributed by atoms with E-state index in [0.717, 1.165) is 10.2 Å². The summed E-state index contributed by atoms with van der Waals surface area (Å²) in [6.07, 6.45) is -0.456. The molecule has 0 saturated carbocycles. The number of aryl methyl sites for hydroxylation is 1. The van der Waals surface area contributed by atoms with Crippen molar-refractivity contribution in [2.24, 2.45) is 0 Å². The van der Waals surface area contributed by atoms with Crippen molar-refractivity contribution >= 4 is 23.2 Å². The average molecular weight is 416 g/mol. The molecule has 0 fully saturated rings. The van der Waals surface area contributed by atoms with Gasteiger partial charge in [-0.2, -0.15) is 4.68 Å². The number of nitrogens with one attached hydrogen (secondary N) is 1. The molecule has 2 aromatic carbocycles. The zero-order valence-electron chi connectivity index (χ0n) is 15.9. The molecule has 0 aliphatic heterocycles. The van der Waals surface area contributed by atoms with Crippen LogP contribution in [0.15, 0.2) is 59.4 Å². The molecule has 0 unspecified atom stereocenters. The molecule has 0 aliphatic rings. The van der Waals surface area contributed by atoms with Crippen molar-refractivity contribution in [3.8, 4) is 11.6 Å². The minimum atomic E-state index is -0.833. The molecule has 1 atom stereocenters. The molecule has 1 heterocycles. The van der Waals surface area contributed by atoms with Crippen molar-refractivity contribution in [1.82, 2.24) is 9.78 Å². The highest BCUT2D eigenvalue weighted by molar-refractivity contribution is 6.31. The molecule has 3 aromatic rings. The smallest absolute Gasteiger partial charge is 0.271 e. The lowest BCUT2D eigenvalue weighted by molar-refractivity contribution is -0.123. The zero-order valence-corrected chi connectivity index (χ0v) is 16.6. The van der Waals surface area contributed by atoms with Crippen LogP contribution in [0, 0.1) is 12.7 Å².